The molecule has 2 rings (SSSR count). The fourth-order valence-corrected chi connectivity index (χ4v) is 6.61. The van der Waals surface area contributed by atoms with Crippen LogP contribution in [0.15, 0.2) is 47.4 Å². The molecule has 0 saturated heterocycles. The first-order valence-corrected chi connectivity index (χ1v) is 19.0. The summed E-state index contributed by atoms with van der Waals surface area (Å²) in [6, 6.07) is 11.6. The summed E-state index contributed by atoms with van der Waals surface area (Å²) in [5.41, 5.74) is 2.76. The molecule has 0 saturated carbocycles. The third-order valence-electron chi connectivity index (χ3n) is 8.46. The van der Waals surface area contributed by atoms with E-state index in [2.05, 4.69) is 22.3 Å². The second-order valence-electron chi connectivity index (χ2n) is 12.4. The van der Waals surface area contributed by atoms with Gasteiger partial charge in [-0.25, -0.2) is 8.42 Å². The van der Waals surface area contributed by atoms with Gasteiger partial charge >= 0.3 is 0 Å². The molecular formula is C37H59N3O4S. The average molecular weight is 642 g/mol. The van der Waals surface area contributed by atoms with Gasteiger partial charge in [-0.2, -0.15) is 0 Å². The van der Waals surface area contributed by atoms with E-state index < -0.39 is 10.0 Å². The van der Waals surface area contributed by atoms with E-state index in [0.717, 1.165) is 24.0 Å². The van der Waals surface area contributed by atoms with E-state index in [1.54, 1.807) is 24.3 Å². The predicted octanol–water partition coefficient (Wildman–Crippen LogP) is 9.59. The van der Waals surface area contributed by atoms with Gasteiger partial charge in [0.2, 0.25) is 11.8 Å². The number of rotatable bonds is 25. The van der Waals surface area contributed by atoms with Gasteiger partial charge in [-0.3, -0.25) is 14.3 Å². The number of carbonyl (C=O) groups is 2. The molecule has 7 nitrogen and oxygen atoms in total. The molecule has 0 aliphatic carbocycles. The highest BCUT2D eigenvalue weighted by Crippen LogP contribution is 2.23. The average Bonchev–Trinajstić information content (AvgIpc) is 3.01. The Labute approximate surface area is 273 Å². The Bertz CT molecular complexity index is 1250. The number of hydrogen-bond donors (Lipinski definition) is 3. The van der Waals surface area contributed by atoms with Gasteiger partial charge in [-0.05, 0) is 55.7 Å². The Kier molecular flexibility index (Phi) is 19.2. The third-order valence-corrected chi connectivity index (χ3v) is 9.82. The predicted molar refractivity (Wildman–Crippen MR) is 188 cm³/mol. The Morgan fingerprint density at radius 3 is 1.76 bits per heavy atom. The van der Waals surface area contributed by atoms with Crippen molar-refractivity contribution in [1.29, 1.82) is 0 Å². The Balaban J connectivity index is 1.50. The van der Waals surface area contributed by atoms with Crippen molar-refractivity contribution in [1.82, 2.24) is 5.32 Å². The molecule has 8 heteroatoms. The van der Waals surface area contributed by atoms with Crippen molar-refractivity contribution in [3.8, 4) is 0 Å². The van der Waals surface area contributed by atoms with Crippen LogP contribution in [0.25, 0.3) is 0 Å². The molecule has 2 aromatic carbocycles. The van der Waals surface area contributed by atoms with E-state index in [-0.39, 0.29) is 29.7 Å². The van der Waals surface area contributed by atoms with Crippen LogP contribution in [0.4, 0.5) is 11.4 Å². The molecule has 2 aromatic rings. The number of amides is 2. The van der Waals surface area contributed by atoms with Gasteiger partial charge < -0.3 is 10.6 Å². The fraction of sp³-hybridized carbons (Fsp3) is 0.622. The molecule has 0 aliphatic heterocycles. The van der Waals surface area contributed by atoms with E-state index in [0.29, 0.717) is 17.8 Å². The van der Waals surface area contributed by atoms with Crippen LogP contribution in [0.1, 0.15) is 140 Å². The van der Waals surface area contributed by atoms with Crippen LogP contribution in [-0.2, 0) is 19.6 Å². The second-order valence-corrected chi connectivity index (χ2v) is 14.1. The number of benzene rings is 2. The van der Waals surface area contributed by atoms with E-state index in [4.69, 9.17) is 0 Å². The Morgan fingerprint density at radius 1 is 0.644 bits per heavy atom. The van der Waals surface area contributed by atoms with Crippen LogP contribution in [-0.4, -0.2) is 26.8 Å². The molecule has 45 heavy (non-hydrogen) atoms. The van der Waals surface area contributed by atoms with Gasteiger partial charge in [-0.1, -0.05) is 128 Å². The van der Waals surface area contributed by atoms with Gasteiger partial charge in [-0.15, -0.1) is 0 Å². The highest BCUT2D eigenvalue weighted by Gasteiger charge is 2.17. The van der Waals surface area contributed by atoms with Crippen LogP contribution in [0, 0.1) is 13.8 Å². The van der Waals surface area contributed by atoms with Crippen LogP contribution in [0.5, 0.6) is 0 Å². The summed E-state index contributed by atoms with van der Waals surface area (Å²) in [5.74, 6) is -0.320. The minimum absolute atomic E-state index is 0.0330. The molecule has 0 unspecified atom stereocenters. The normalized spacial score (nSPS) is 11.4. The van der Waals surface area contributed by atoms with Crippen LogP contribution in [0.2, 0.25) is 0 Å². The molecule has 2 amide bonds. The van der Waals surface area contributed by atoms with Crippen molar-refractivity contribution in [2.24, 2.45) is 0 Å². The van der Waals surface area contributed by atoms with Crippen LogP contribution < -0.4 is 15.4 Å². The largest absolute Gasteiger partial charge is 0.356 e. The quantitative estimate of drug-likeness (QED) is 0.0939. The molecule has 252 valence electrons. The van der Waals surface area contributed by atoms with Crippen molar-refractivity contribution in [3.63, 3.8) is 0 Å². The molecule has 0 heterocycles. The molecule has 0 bridgehead atoms. The number of anilines is 2. The lowest BCUT2D eigenvalue weighted by Crippen LogP contribution is -2.27. The van der Waals surface area contributed by atoms with Crippen molar-refractivity contribution in [2.45, 2.75) is 148 Å². The minimum Gasteiger partial charge on any atom is -0.356 e. The van der Waals surface area contributed by atoms with Crippen molar-refractivity contribution < 1.29 is 18.0 Å². The van der Waals surface area contributed by atoms with E-state index in [1.165, 1.54) is 108 Å². The molecular weight excluding hydrogens is 582 g/mol. The van der Waals surface area contributed by atoms with Crippen molar-refractivity contribution >= 4 is 33.2 Å². The van der Waals surface area contributed by atoms with Gasteiger partial charge in [0.15, 0.2) is 0 Å². The second kappa shape index (κ2) is 22.6. The summed E-state index contributed by atoms with van der Waals surface area (Å²) in [6.07, 6.45) is 22.8. The summed E-state index contributed by atoms with van der Waals surface area (Å²) in [4.78, 5) is 24.7. The van der Waals surface area contributed by atoms with E-state index in [9.17, 15) is 18.0 Å². The van der Waals surface area contributed by atoms with Gasteiger partial charge in [0.25, 0.3) is 10.0 Å². The van der Waals surface area contributed by atoms with Crippen molar-refractivity contribution in [2.75, 3.05) is 16.6 Å². The Hall–Kier alpha value is -2.87. The first-order valence-electron chi connectivity index (χ1n) is 17.5. The highest BCUT2D eigenvalue weighted by molar-refractivity contribution is 7.92. The molecule has 0 spiro atoms. The number of carbonyl (C=O) groups excluding carboxylic acids is 2. The highest BCUT2D eigenvalue weighted by atomic mass is 32.2. The smallest absolute Gasteiger partial charge is 0.261 e. The molecule has 0 radical (unpaired) electrons. The summed E-state index contributed by atoms with van der Waals surface area (Å²) in [7, 11) is -3.82. The third kappa shape index (κ3) is 16.9. The molecule has 0 aromatic heterocycles. The molecule has 3 N–H and O–H groups in total. The van der Waals surface area contributed by atoms with Crippen LogP contribution >= 0.6 is 0 Å². The first kappa shape index (κ1) is 38.3. The molecule has 0 fully saturated rings. The SMILES string of the molecule is CCCCCCCCCCCCCCCCCCCC(=O)NCCC(=O)Nc1cccc(S(=O)(=O)Nc2cccc(C)c2C)c1. The maximum atomic E-state index is 12.9. The first-order chi connectivity index (χ1) is 21.7. The van der Waals surface area contributed by atoms with Gasteiger partial charge in [0.05, 0.1) is 10.6 Å². The van der Waals surface area contributed by atoms with Gasteiger partial charge in [0, 0.05) is 25.1 Å². The van der Waals surface area contributed by atoms with E-state index >= 15 is 0 Å². The van der Waals surface area contributed by atoms with Gasteiger partial charge in [0.1, 0.15) is 0 Å². The lowest BCUT2D eigenvalue weighted by atomic mass is 10.0. The zero-order valence-electron chi connectivity index (χ0n) is 28.2. The summed E-state index contributed by atoms with van der Waals surface area (Å²) in [6.45, 7) is 6.31. The number of aryl methyl sites for hydroxylation is 1. The zero-order chi connectivity index (χ0) is 32.8. The maximum Gasteiger partial charge on any atom is 0.261 e. The maximum absolute atomic E-state index is 12.9. The topological polar surface area (TPSA) is 104 Å². The number of unbranched alkanes of at least 4 members (excludes halogenated alkanes) is 16. The number of nitrogens with one attached hydrogen (secondary N) is 3. The molecule has 0 atom stereocenters. The lowest BCUT2D eigenvalue weighted by Gasteiger charge is -2.13. The van der Waals surface area contributed by atoms with E-state index in [1.807, 2.05) is 19.9 Å². The lowest BCUT2D eigenvalue weighted by molar-refractivity contribution is -0.121. The summed E-state index contributed by atoms with van der Waals surface area (Å²) >= 11 is 0. The standard InChI is InChI=1S/C37H59N3O4S/c1-4-5-6-7-8-9-10-11-12-13-14-15-16-17-18-19-20-27-36(41)38-29-28-37(42)39-33-24-22-25-34(30-33)45(43,44)40-35-26-21-23-31(2)32(35)3/h21-26,30,40H,4-20,27-29H2,1-3H3,(H,38,41)(H,39,42). The zero-order valence-corrected chi connectivity index (χ0v) is 29.0. The Morgan fingerprint density at radius 2 is 1.18 bits per heavy atom. The number of sulfonamides is 1. The summed E-state index contributed by atoms with van der Waals surface area (Å²) in [5, 5.41) is 5.55. The number of hydrogen-bond acceptors (Lipinski definition) is 4. The minimum atomic E-state index is -3.82. The van der Waals surface area contributed by atoms with Crippen molar-refractivity contribution in [3.05, 3.63) is 53.6 Å². The molecule has 0 aliphatic rings. The fourth-order valence-electron chi connectivity index (χ4n) is 5.44. The van der Waals surface area contributed by atoms with Crippen LogP contribution in [0.3, 0.4) is 0 Å². The summed E-state index contributed by atoms with van der Waals surface area (Å²) < 4.78 is 28.5. The monoisotopic (exact) mass is 641 g/mol.